The van der Waals surface area contributed by atoms with Crippen LogP contribution < -0.4 is 5.32 Å². The molecule has 0 saturated heterocycles. The van der Waals surface area contributed by atoms with Crippen LogP contribution in [0.5, 0.6) is 0 Å². The van der Waals surface area contributed by atoms with Gasteiger partial charge in [-0.1, -0.05) is 41.9 Å². The number of amides is 1. The van der Waals surface area contributed by atoms with Gasteiger partial charge in [-0.05, 0) is 36.2 Å². The first kappa shape index (κ1) is 17.2. The molecule has 0 unspecified atom stereocenters. The molecule has 0 aliphatic rings. The van der Waals surface area contributed by atoms with Crippen molar-refractivity contribution in [3.8, 4) is 11.3 Å². The number of hydrogen-bond acceptors (Lipinski definition) is 3. The molecule has 0 saturated carbocycles. The number of hydrogen-bond donors (Lipinski definition) is 1. The predicted molar refractivity (Wildman–Crippen MR) is 98.4 cm³/mol. The van der Waals surface area contributed by atoms with Crippen molar-refractivity contribution in [2.45, 2.75) is 19.3 Å². The fourth-order valence-corrected chi connectivity index (χ4v) is 2.60. The van der Waals surface area contributed by atoms with Crippen LogP contribution in [-0.2, 0) is 17.6 Å². The molecule has 0 aliphatic heterocycles. The maximum absolute atomic E-state index is 11.9. The number of carbonyl (C=O) groups excluding carboxylic acids is 1. The first-order valence-electron chi connectivity index (χ1n) is 8.22. The van der Waals surface area contributed by atoms with Crippen LogP contribution in [0.1, 0.15) is 17.9 Å². The van der Waals surface area contributed by atoms with Crippen molar-refractivity contribution in [2.75, 3.05) is 6.54 Å². The van der Waals surface area contributed by atoms with Crippen molar-refractivity contribution in [1.29, 1.82) is 0 Å². The second kappa shape index (κ2) is 8.49. The molecule has 1 amide bonds. The van der Waals surface area contributed by atoms with Gasteiger partial charge in [0.15, 0.2) is 11.7 Å². The van der Waals surface area contributed by atoms with Gasteiger partial charge in [0.25, 0.3) is 0 Å². The van der Waals surface area contributed by atoms with Crippen LogP contribution in [-0.4, -0.2) is 17.4 Å². The van der Waals surface area contributed by atoms with E-state index in [4.69, 9.17) is 16.0 Å². The van der Waals surface area contributed by atoms with Gasteiger partial charge >= 0.3 is 0 Å². The summed E-state index contributed by atoms with van der Waals surface area (Å²) in [5.41, 5.74) is 2.12. The lowest BCUT2D eigenvalue weighted by Crippen LogP contribution is -2.25. The van der Waals surface area contributed by atoms with E-state index in [0.29, 0.717) is 36.1 Å². The maximum atomic E-state index is 11.9. The van der Waals surface area contributed by atoms with E-state index in [1.54, 1.807) is 18.3 Å². The molecular formula is C20H19ClN2O2. The largest absolute Gasteiger partial charge is 0.441 e. The molecule has 4 nitrogen and oxygen atoms in total. The lowest BCUT2D eigenvalue weighted by molar-refractivity contribution is -0.121. The Morgan fingerprint density at radius 2 is 1.80 bits per heavy atom. The Morgan fingerprint density at radius 3 is 2.56 bits per heavy atom. The minimum atomic E-state index is 0.00201. The quantitative estimate of drug-likeness (QED) is 0.688. The van der Waals surface area contributed by atoms with Gasteiger partial charge in [0.1, 0.15) is 0 Å². The van der Waals surface area contributed by atoms with E-state index in [-0.39, 0.29) is 5.91 Å². The van der Waals surface area contributed by atoms with Crippen molar-refractivity contribution >= 4 is 17.5 Å². The Morgan fingerprint density at radius 1 is 1.04 bits per heavy atom. The average molecular weight is 355 g/mol. The molecule has 0 spiro atoms. The van der Waals surface area contributed by atoms with E-state index in [2.05, 4.69) is 22.4 Å². The molecule has 0 radical (unpaired) electrons. The molecule has 5 heteroatoms. The molecular weight excluding hydrogens is 336 g/mol. The summed E-state index contributed by atoms with van der Waals surface area (Å²) in [5.74, 6) is 1.24. The van der Waals surface area contributed by atoms with Gasteiger partial charge in [0, 0.05) is 30.0 Å². The van der Waals surface area contributed by atoms with Gasteiger partial charge < -0.3 is 9.73 Å². The molecule has 0 atom stereocenters. The Hall–Kier alpha value is -2.59. The molecule has 0 bridgehead atoms. The number of benzene rings is 2. The van der Waals surface area contributed by atoms with Crippen LogP contribution in [0.4, 0.5) is 0 Å². The second-order valence-electron chi connectivity index (χ2n) is 5.71. The lowest BCUT2D eigenvalue weighted by Gasteiger charge is -2.04. The van der Waals surface area contributed by atoms with Crippen LogP contribution in [0.3, 0.4) is 0 Å². The van der Waals surface area contributed by atoms with Crippen molar-refractivity contribution in [1.82, 2.24) is 10.3 Å². The monoisotopic (exact) mass is 354 g/mol. The predicted octanol–water partition coefficient (Wildman–Crippen LogP) is 4.29. The number of nitrogens with one attached hydrogen (secondary N) is 1. The fraction of sp³-hybridized carbons (Fsp3) is 0.200. The maximum Gasteiger partial charge on any atom is 0.220 e. The Bertz CT molecular complexity index is 813. The van der Waals surface area contributed by atoms with Gasteiger partial charge in [-0.2, -0.15) is 0 Å². The SMILES string of the molecule is O=C(CCc1ncc(-c2ccc(Cl)cc2)o1)NCCc1ccccc1. The fourth-order valence-electron chi connectivity index (χ4n) is 2.47. The van der Waals surface area contributed by atoms with Crippen LogP contribution in [0.15, 0.2) is 65.2 Å². The molecule has 2 aromatic carbocycles. The molecule has 1 N–H and O–H groups in total. The van der Waals surface area contributed by atoms with Gasteiger partial charge in [-0.3, -0.25) is 4.79 Å². The van der Waals surface area contributed by atoms with Crippen LogP contribution in [0.25, 0.3) is 11.3 Å². The molecule has 0 fully saturated rings. The van der Waals surface area contributed by atoms with Crippen molar-refractivity contribution in [2.24, 2.45) is 0 Å². The number of aryl methyl sites for hydroxylation is 1. The normalized spacial score (nSPS) is 10.6. The molecule has 25 heavy (non-hydrogen) atoms. The van der Waals surface area contributed by atoms with Gasteiger partial charge in [0.2, 0.25) is 5.91 Å². The molecule has 0 aliphatic carbocycles. The smallest absolute Gasteiger partial charge is 0.220 e. The number of oxazole rings is 1. The van der Waals surface area contributed by atoms with E-state index in [1.165, 1.54) is 5.56 Å². The summed E-state index contributed by atoms with van der Waals surface area (Å²) in [5, 5.41) is 3.60. The van der Waals surface area contributed by atoms with Crippen molar-refractivity contribution in [3.05, 3.63) is 77.3 Å². The highest BCUT2D eigenvalue weighted by molar-refractivity contribution is 6.30. The van der Waals surface area contributed by atoms with Crippen LogP contribution in [0, 0.1) is 0 Å². The van der Waals surface area contributed by atoms with Gasteiger partial charge in [0.05, 0.1) is 6.20 Å². The highest BCUT2D eigenvalue weighted by Gasteiger charge is 2.09. The molecule has 1 aromatic heterocycles. The molecule has 1 heterocycles. The average Bonchev–Trinajstić information content (AvgIpc) is 3.10. The van der Waals surface area contributed by atoms with E-state index in [9.17, 15) is 4.79 Å². The lowest BCUT2D eigenvalue weighted by atomic mass is 10.1. The zero-order valence-electron chi connectivity index (χ0n) is 13.7. The van der Waals surface area contributed by atoms with Crippen LogP contribution >= 0.6 is 11.6 Å². The minimum Gasteiger partial charge on any atom is -0.441 e. The number of nitrogens with zero attached hydrogens (tertiary/aromatic N) is 1. The molecule has 128 valence electrons. The standard InChI is InChI=1S/C20H19ClN2O2/c21-17-8-6-16(7-9-17)18-14-23-20(25-18)11-10-19(24)22-13-12-15-4-2-1-3-5-15/h1-9,14H,10-13H2,(H,22,24). The van der Waals surface area contributed by atoms with Gasteiger partial charge in [-0.15, -0.1) is 0 Å². The summed E-state index contributed by atoms with van der Waals surface area (Å²) >= 11 is 5.88. The first-order chi connectivity index (χ1) is 12.2. The summed E-state index contributed by atoms with van der Waals surface area (Å²) in [6, 6.07) is 17.4. The van der Waals surface area contributed by atoms with E-state index >= 15 is 0 Å². The Labute approximate surface area is 151 Å². The van der Waals surface area contributed by atoms with E-state index < -0.39 is 0 Å². The highest BCUT2D eigenvalue weighted by atomic mass is 35.5. The highest BCUT2D eigenvalue weighted by Crippen LogP contribution is 2.22. The third kappa shape index (κ3) is 5.19. The zero-order valence-corrected chi connectivity index (χ0v) is 14.5. The van der Waals surface area contributed by atoms with E-state index in [1.807, 2.05) is 30.3 Å². The Balaban J connectivity index is 1.44. The van der Waals surface area contributed by atoms with Crippen LogP contribution in [0.2, 0.25) is 5.02 Å². The summed E-state index contributed by atoms with van der Waals surface area (Å²) in [6.45, 7) is 0.629. The molecule has 3 rings (SSSR count). The number of rotatable bonds is 7. The topological polar surface area (TPSA) is 55.1 Å². The van der Waals surface area contributed by atoms with Crippen molar-refractivity contribution < 1.29 is 9.21 Å². The molecule has 3 aromatic rings. The zero-order chi connectivity index (χ0) is 17.5. The van der Waals surface area contributed by atoms with Crippen molar-refractivity contribution in [3.63, 3.8) is 0 Å². The number of aromatic nitrogens is 1. The summed E-state index contributed by atoms with van der Waals surface area (Å²) in [7, 11) is 0. The first-order valence-corrected chi connectivity index (χ1v) is 8.60. The van der Waals surface area contributed by atoms with Gasteiger partial charge in [-0.25, -0.2) is 4.98 Å². The second-order valence-corrected chi connectivity index (χ2v) is 6.15. The number of halogens is 1. The Kier molecular flexibility index (Phi) is 5.86. The third-order valence-corrected chi connectivity index (χ3v) is 4.08. The van der Waals surface area contributed by atoms with E-state index in [0.717, 1.165) is 12.0 Å². The summed E-state index contributed by atoms with van der Waals surface area (Å²) < 4.78 is 5.70. The minimum absolute atomic E-state index is 0.00201. The summed E-state index contributed by atoms with van der Waals surface area (Å²) in [4.78, 5) is 16.2. The third-order valence-electron chi connectivity index (χ3n) is 3.83. The number of carbonyl (C=O) groups is 1. The summed E-state index contributed by atoms with van der Waals surface area (Å²) in [6.07, 6.45) is 3.33.